The lowest BCUT2D eigenvalue weighted by Crippen LogP contribution is -2.18. The maximum absolute atomic E-state index is 12.2. The van der Waals surface area contributed by atoms with Crippen LogP contribution in [-0.4, -0.2) is 22.7 Å². The van der Waals surface area contributed by atoms with E-state index < -0.39 is 5.91 Å². The van der Waals surface area contributed by atoms with Crippen molar-refractivity contribution in [3.05, 3.63) is 45.2 Å². The van der Waals surface area contributed by atoms with Crippen molar-refractivity contribution < 1.29 is 18.8 Å². The number of amides is 3. The zero-order valence-electron chi connectivity index (χ0n) is 13.6. The quantitative estimate of drug-likeness (QED) is 0.596. The van der Waals surface area contributed by atoms with Gasteiger partial charge in [0.2, 0.25) is 11.8 Å². The van der Waals surface area contributed by atoms with E-state index in [0.717, 1.165) is 11.3 Å². The van der Waals surface area contributed by atoms with Crippen LogP contribution in [0.25, 0.3) is 11.5 Å². The number of primary amides is 1. The number of carbonyl (C=O) groups is 3. The third kappa shape index (κ3) is 4.16. The highest BCUT2D eigenvalue weighted by molar-refractivity contribution is 7.14. The molecule has 26 heavy (non-hydrogen) atoms. The molecule has 10 heteroatoms. The first-order valence-electron chi connectivity index (χ1n) is 7.41. The number of furan rings is 1. The summed E-state index contributed by atoms with van der Waals surface area (Å²) in [5.41, 5.74) is 6.05. The van der Waals surface area contributed by atoms with Gasteiger partial charge in [0, 0.05) is 17.7 Å². The first-order chi connectivity index (χ1) is 12.4. The van der Waals surface area contributed by atoms with Crippen molar-refractivity contribution in [2.24, 2.45) is 5.73 Å². The average Bonchev–Trinajstić information content (AvgIpc) is 3.32. The number of thiophene rings is 1. The van der Waals surface area contributed by atoms with Crippen LogP contribution < -0.4 is 16.4 Å². The topological polar surface area (TPSA) is 127 Å². The van der Waals surface area contributed by atoms with Crippen molar-refractivity contribution in [3.63, 3.8) is 0 Å². The third-order valence-corrected chi connectivity index (χ3v) is 4.94. The summed E-state index contributed by atoms with van der Waals surface area (Å²) in [6.45, 7) is 1.73. The minimum Gasteiger partial charge on any atom is -0.458 e. The smallest absolute Gasteiger partial charge is 0.267 e. The largest absolute Gasteiger partial charge is 0.458 e. The molecule has 0 aliphatic rings. The Morgan fingerprint density at radius 1 is 1.23 bits per heavy atom. The molecule has 134 valence electrons. The van der Waals surface area contributed by atoms with Gasteiger partial charge < -0.3 is 15.5 Å². The molecule has 4 N–H and O–H groups in total. The highest BCUT2D eigenvalue weighted by Crippen LogP contribution is 2.27. The molecule has 3 amide bonds. The zero-order chi connectivity index (χ0) is 18.7. The molecule has 0 spiro atoms. The summed E-state index contributed by atoms with van der Waals surface area (Å²) >= 11 is 2.38. The van der Waals surface area contributed by atoms with Gasteiger partial charge in [0.05, 0.1) is 17.0 Å². The van der Waals surface area contributed by atoms with Crippen LogP contribution in [-0.2, 0) is 11.3 Å². The fraction of sp³-hybridized carbons (Fsp3) is 0.125. The van der Waals surface area contributed by atoms with Crippen LogP contribution in [0.2, 0.25) is 0 Å². The molecule has 3 heterocycles. The molecule has 0 fully saturated rings. The van der Waals surface area contributed by atoms with Crippen molar-refractivity contribution in [1.82, 2.24) is 10.3 Å². The zero-order valence-corrected chi connectivity index (χ0v) is 15.2. The van der Waals surface area contributed by atoms with E-state index in [2.05, 4.69) is 15.6 Å². The van der Waals surface area contributed by atoms with Crippen LogP contribution in [0.1, 0.15) is 32.7 Å². The molecule has 0 atom stereocenters. The van der Waals surface area contributed by atoms with E-state index in [1.807, 2.05) is 0 Å². The molecule has 3 aromatic rings. The van der Waals surface area contributed by atoms with Crippen molar-refractivity contribution in [2.75, 3.05) is 5.32 Å². The lowest BCUT2D eigenvalue weighted by Gasteiger charge is -1.98. The van der Waals surface area contributed by atoms with Gasteiger partial charge in [-0.25, -0.2) is 4.98 Å². The number of hydrogen-bond donors (Lipinski definition) is 3. The second-order valence-corrected chi connectivity index (χ2v) is 7.00. The molecular formula is C16H14N4O4S2. The molecule has 3 rings (SSSR count). The van der Waals surface area contributed by atoms with Gasteiger partial charge in [-0.15, -0.1) is 22.7 Å². The summed E-state index contributed by atoms with van der Waals surface area (Å²) in [7, 11) is 0. The summed E-state index contributed by atoms with van der Waals surface area (Å²) in [6, 6.07) is 4.94. The van der Waals surface area contributed by atoms with Crippen LogP contribution in [0.5, 0.6) is 0 Å². The van der Waals surface area contributed by atoms with Crippen molar-refractivity contribution in [3.8, 4) is 11.5 Å². The average molecular weight is 390 g/mol. The predicted molar refractivity (Wildman–Crippen MR) is 98.1 cm³/mol. The van der Waals surface area contributed by atoms with Gasteiger partial charge in [-0.1, -0.05) is 0 Å². The standard InChI is InChI=1S/C16H14N4O4S2/c1-8(21)18-5-10-2-3-12(24-10)11-7-26-16(19-11)20-15(23)13-4-9(6-25-13)14(17)22/h2-4,6-7H,5H2,1H3,(H2,17,22)(H,18,21)(H,19,20,23). The SMILES string of the molecule is CC(=O)NCc1ccc(-c2csc(NC(=O)c3cc(C(N)=O)cs3)n2)o1. The maximum atomic E-state index is 12.2. The molecular weight excluding hydrogens is 376 g/mol. The van der Waals surface area contributed by atoms with E-state index in [-0.39, 0.29) is 11.8 Å². The molecule has 0 aromatic carbocycles. The summed E-state index contributed by atoms with van der Waals surface area (Å²) in [4.78, 5) is 38.9. The summed E-state index contributed by atoms with van der Waals surface area (Å²) in [5.74, 6) is 0.0502. The molecule has 3 aromatic heterocycles. The molecule has 0 unspecified atom stereocenters. The number of aromatic nitrogens is 1. The van der Waals surface area contributed by atoms with Gasteiger partial charge in [-0.05, 0) is 18.2 Å². The lowest BCUT2D eigenvalue weighted by atomic mass is 10.3. The van der Waals surface area contributed by atoms with E-state index >= 15 is 0 Å². The van der Waals surface area contributed by atoms with Crippen molar-refractivity contribution >= 4 is 45.5 Å². The number of nitrogens with one attached hydrogen (secondary N) is 2. The van der Waals surface area contributed by atoms with E-state index in [1.165, 1.54) is 29.7 Å². The van der Waals surface area contributed by atoms with E-state index in [9.17, 15) is 14.4 Å². The third-order valence-electron chi connectivity index (χ3n) is 3.26. The first kappa shape index (κ1) is 17.8. The van der Waals surface area contributed by atoms with Crippen LogP contribution >= 0.6 is 22.7 Å². The summed E-state index contributed by atoms with van der Waals surface area (Å²) in [6.07, 6.45) is 0. The summed E-state index contributed by atoms with van der Waals surface area (Å²) < 4.78 is 5.62. The number of hydrogen-bond acceptors (Lipinski definition) is 7. The van der Waals surface area contributed by atoms with Gasteiger partial charge in [0.15, 0.2) is 10.9 Å². The van der Waals surface area contributed by atoms with Crippen molar-refractivity contribution in [1.29, 1.82) is 0 Å². The Kier molecular flexibility index (Phi) is 5.14. The van der Waals surface area contributed by atoms with Gasteiger partial charge in [0.1, 0.15) is 11.5 Å². The fourth-order valence-electron chi connectivity index (χ4n) is 2.01. The normalized spacial score (nSPS) is 10.5. The molecule has 8 nitrogen and oxygen atoms in total. The minimum atomic E-state index is -0.579. The number of nitrogens with zero attached hydrogens (tertiary/aromatic N) is 1. The molecule has 0 aliphatic heterocycles. The van der Waals surface area contributed by atoms with E-state index in [0.29, 0.717) is 39.3 Å². The van der Waals surface area contributed by atoms with Crippen LogP contribution in [0.4, 0.5) is 5.13 Å². The predicted octanol–water partition coefficient (Wildman–Crippen LogP) is 2.45. The van der Waals surface area contributed by atoms with Gasteiger partial charge >= 0.3 is 0 Å². The number of nitrogens with two attached hydrogens (primary N) is 1. The van der Waals surface area contributed by atoms with E-state index in [1.54, 1.807) is 17.5 Å². The molecule has 0 saturated heterocycles. The number of anilines is 1. The van der Waals surface area contributed by atoms with Gasteiger partial charge in [-0.3, -0.25) is 19.7 Å². The number of thiazole rings is 1. The fourth-order valence-corrected chi connectivity index (χ4v) is 3.50. The Bertz CT molecular complexity index is 972. The second kappa shape index (κ2) is 7.50. The minimum absolute atomic E-state index is 0.144. The number of rotatable bonds is 6. The maximum Gasteiger partial charge on any atom is 0.267 e. The monoisotopic (exact) mass is 390 g/mol. The first-order valence-corrected chi connectivity index (χ1v) is 9.17. The summed E-state index contributed by atoms with van der Waals surface area (Å²) in [5, 5.41) is 9.01. The van der Waals surface area contributed by atoms with Gasteiger partial charge in [-0.2, -0.15) is 0 Å². The van der Waals surface area contributed by atoms with E-state index in [4.69, 9.17) is 10.2 Å². The Morgan fingerprint density at radius 3 is 2.73 bits per heavy atom. The highest BCUT2D eigenvalue weighted by Gasteiger charge is 2.15. The van der Waals surface area contributed by atoms with Crippen LogP contribution in [0.3, 0.4) is 0 Å². The van der Waals surface area contributed by atoms with Crippen LogP contribution in [0, 0.1) is 0 Å². The Hall–Kier alpha value is -2.98. The molecule has 0 radical (unpaired) electrons. The van der Waals surface area contributed by atoms with Crippen molar-refractivity contribution in [2.45, 2.75) is 13.5 Å². The molecule has 0 aliphatic carbocycles. The molecule has 0 bridgehead atoms. The Balaban J connectivity index is 1.66. The highest BCUT2D eigenvalue weighted by atomic mass is 32.1. The van der Waals surface area contributed by atoms with Gasteiger partial charge in [0.25, 0.3) is 5.91 Å². The Labute approximate surface area is 156 Å². The molecule has 0 saturated carbocycles. The van der Waals surface area contributed by atoms with Crippen LogP contribution in [0.15, 0.2) is 33.4 Å². The second-order valence-electron chi connectivity index (χ2n) is 5.23. The Morgan fingerprint density at radius 2 is 2.04 bits per heavy atom. The lowest BCUT2D eigenvalue weighted by molar-refractivity contribution is -0.119. The number of carbonyl (C=O) groups excluding carboxylic acids is 3.